The fourth-order valence-electron chi connectivity index (χ4n) is 3.36. The summed E-state index contributed by atoms with van der Waals surface area (Å²) in [7, 11) is 0. The molecule has 1 aromatic rings. The standard InChI is InChI=1S/C16H17FN2O4/c17-9-3-4-10-11(8-13(20)18-12(10)7-9)14(21)19-16(15(22)23)5-1-2-6-16/h3-4,7,11H,1-2,5-6,8H2,(H,18,20)(H,19,21)(H,22,23)/t11-/m1/s1. The highest BCUT2D eigenvalue weighted by molar-refractivity contribution is 6.02. The Bertz CT molecular complexity index is 683. The lowest BCUT2D eigenvalue weighted by molar-refractivity contribution is -0.147. The van der Waals surface area contributed by atoms with Crippen LogP contribution in [-0.4, -0.2) is 28.4 Å². The van der Waals surface area contributed by atoms with Gasteiger partial charge in [0.1, 0.15) is 11.4 Å². The molecule has 6 nitrogen and oxygen atoms in total. The Balaban J connectivity index is 1.88. The maximum absolute atomic E-state index is 13.3. The van der Waals surface area contributed by atoms with Crippen LogP contribution < -0.4 is 10.6 Å². The second kappa shape index (κ2) is 5.64. The third-order valence-electron chi connectivity index (χ3n) is 4.60. The van der Waals surface area contributed by atoms with E-state index in [4.69, 9.17) is 0 Å². The quantitative estimate of drug-likeness (QED) is 0.791. The average molecular weight is 320 g/mol. The van der Waals surface area contributed by atoms with Crippen molar-refractivity contribution < 1.29 is 23.9 Å². The molecule has 0 aromatic heterocycles. The first kappa shape index (κ1) is 15.5. The fraction of sp³-hybridized carbons (Fsp3) is 0.438. The number of aliphatic carboxylic acids is 1. The zero-order valence-corrected chi connectivity index (χ0v) is 12.4. The van der Waals surface area contributed by atoms with Gasteiger partial charge in [0, 0.05) is 12.1 Å². The van der Waals surface area contributed by atoms with E-state index in [1.54, 1.807) is 0 Å². The van der Waals surface area contributed by atoms with Crippen molar-refractivity contribution in [2.24, 2.45) is 0 Å². The number of benzene rings is 1. The van der Waals surface area contributed by atoms with Gasteiger partial charge in [-0.25, -0.2) is 9.18 Å². The number of anilines is 1. The van der Waals surface area contributed by atoms with Crippen molar-refractivity contribution in [3.05, 3.63) is 29.6 Å². The number of carbonyl (C=O) groups excluding carboxylic acids is 2. The smallest absolute Gasteiger partial charge is 0.329 e. The summed E-state index contributed by atoms with van der Waals surface area (Å²) in [6.45, 7) is 0. The molecule has 1 aliphatic heterocycles. The highest BCUT2D eigenvalue weighted by Gasteiger charge is 2.44. The molecule has 0 bridgehead atoms. The van der Waals surface area contributed by atoms with Crippen LogP contribution in [-0.2, 0) is 14.4 Å². The van der Waals surface area contributed by atoms with Gasteiger partial charge in [-0.1, -0.05) is 18.9 Å². The lowest BCUT2D eigenvalue weighted by Gasteiger charge is -2.30. The highest BCUT2D eigenvalue weighted by Crippen LogP contribution is 2.35. The molecule has 1 fully saturated rings. The molecule has 0 unspecified atom stereocenters. The number of hydrogen-bond donors (Lipinski definition) is 3. The topological polar surface area (TPSA) is 95.5 Å². The molecule has 1 saturated carbocycles. The van der Waals surface area contributed by atoms with Gasteiger partial charge in [-0.15, -0.1) is 0 Å². The van der Waals surface area contributed by atoms with E-state index in [-0.39, 0.29) is 18.0 Å². The molecule has 2 aliphatic rings. The van der Waals surface area contributed by atoms with Crippen molar-refractivity contribution in [3.8, 4) is 0 Å². The molecule has 3 N–H and O–H groups in total. The Morgan fingerprint density at radius 2 is 2.00 bits per heavy atom. The van der Waals surface area contributed by atoms with E-state index >= 15 is 0 Å². The van der Waals surface area contributed by atoms with Crippen molar-refractivity contribution in [2.45, 2.75) is 43.6 Å². The van der Waals surface area contributed by atoms with Gasteiger partial charge in [0.15, 0.2) is 0 Å². The molecule has 7 heteroatoms. The predicted octanol–water partition coefficient (Wildman–Crippen LogP) is 1.77. The third kappa shape index (κ3) is 2.78. The lowest BCUT2D eigenvalue weighted by Crippen LogP contribution is -2.54. The zero-order valence-electron chi connectivity index (χ0n) is 12.4. The molecule has 122 valence electrons. The number of hydrogen-bond acceptors (Lipinski definition) is 3. The van der Waals surface area contributed by atoms with E-state index in [2.05, 4.69) is 10.6 Å². The lowest BCUT2D eigenvalue weighted by atomic mass is 9.88. The van der Waals surface area contributed by atoms with Gasteiger partial charge in [0.25, 0.3) is 0 Å². The van der Waals surface area contributed by atoms with Crippen LogP contribution in [0.1, 0.15) is 43.6 Å². The summed E-state index contributed by atoms with van der Waals surface area (Å²) in [5.41, 5.74) is -0.496. The molecule has 0 spiro atoms. The predicted molar refractivity (Wildman–Crippen MR) is 79.4 cm³/mol. The average Bonchev–Trinajstić information content (AvgIpc) is 2.95. The normalized spacial score (nSPS) is 22.1. The van der Waals surface area contributed by atoms with Crippen molar-refractivity contribution in [3.63, 3.8) is 0 Å². The summed E-state index contributed by atoms with van der Waals surface area (Å²) in [6.07, 6.45) is 2.14. The van der Waals surface area contributed by atoms with E-state index in [9.17, 15) is 23.9 Å². The molecule has 2 amide bonds. The third-order valence-corrected chi connectivity index (χ3v) is 4.60. The number of carboxylic acid groups (broad SMARTS) is 1. The molecule has 0 saturated heterocycles. The van der Waals surface area contributed by atoms with Crippen LogP contribution in [0.2, 0.25) is 0 Å². The Kier molecular flexibility index (Phi) is 3.79. The van der Waals surface area contributed by atoms with Gasteiger partial charge in [0.2, 0.25) is 11.8 Å². The molecule has 1 aromatic carbocycles. The summed E-state index contributed by atoms with van der Waals surface area (Å²) in [5.74, 6) is -3.27. The van der Waals surface area contributed by atoms with Crippen molar-refractivity contribution in [1.29, 1.82) is 0 Å². The van der Waals surface area contributed by atoms with Crippen molar-refractivity contribution in [2.75, 3.05) is 5.32 Å². The Hall–Kier alpha value is -2.44. The van der Waals surface area contributed by atoms with E-state index in [1.807, 2.05) is 0 Å². The van der Waals surface area contributed by atoms with Crippen molar-refractivity contribution >= 4 is 23.5 Å². The second-order valence-corrected chi connectivity index (χ2v) is 6.12. The monoisotopic (exact) mass is 320 g/mol. The minimum absolute atomic E-state index is 0.0832. The molecular formula is C16H17FN2O4. The van der Waals surface area contributed by atoms with Crippen LogP contribution >= 0.6 is 0 Å². The zero-order chi connectivity index (χ0) is 16.6. The highest BCUT2D eigenvalue weighted by atomic mass is 19.1. The summed E-state index contributed by atoms with van der Waals surface area (Å²) in [6, 6.07) is 3.84. The number of fused-ring (bicyclic) bond motifs is 1. The fourth-order valence-corrected chi connectivity index (χ4v) is 3.36. The van der Waals surface area contributed by atoms with Gasteiger partial charge in [-0.05, 0) is 30.5 Å². The molecule has 23 heavy (non-hydrogen) atoms. The molecule has 1 aliphatic carbocycles. The summed E-state index contributed by atoms with van der Waals surface area (Å²) < 4.78 is 13.3. The maximum atomic E-state index is 13.3. The molecule has 3 rings (SSSR count). The van der Waals surface area contributed by atoms with Gasteiger partial charge in [-0.3, -0.25) is 9.59 Å². The van der Waals surface area contributed by atoms with Crippen LogP contribution in [0.5, 0.6) is 0 Å². The largest absolute Gasteiger partial charge is 0.480 e. The molecule has 0 radical (unpaired) electrons. The van der Waals surface area contributed by atoms with Crippen LogP contribution in [0.15, 0.2) is 18.2 Å². The minimum atomic E-state index is -1.26. The summed E-state index contributed by atoms with van der Waals surface area (Å²) in [4.78, 5) is 35.9. The maximum Gasteiger partial charge on any atom is 0.329 e. The first-order chi connectivity index (χ1) is 10.9. The van der Waals surface area contributed by atoms with Gasteiger partial charge in [-0.2, -0.15) is 0 Å². The van der Waals surface area contributed by atoms with E-state index in [0.717, 1.165) is 18.9 Å². The molecule has 1 heterocycles. The van der Waals surface area contributed by atoms with E-state index in [0.29, 0.717) is 18.4 Å². The molecular weight excluding hydrogens is 303 g/mol. The number of rotatable bonds is 3. The van der Waals surface area contributed by atoms with Gasteiger partial charge in [0.05, 0.1) is 5.92 Å². The number of nitrogens with one attached hydrogen (secondary N) is 2. The summed E-state index contributed by atoms with van der Waals surface area (Å²) in [5, 5.41) is 14.6. The van der Waals surface area contributed by atoms with E-state index in [1.165, 1.54) is 12.1 Å². The van der Waals surface area contributed by atoms with E-state index < -0.39 is 29.2 Å². The first-order valence-electron chi connectivity index (χ1n) is 7.56. The first-order valence-corrected chi connectivity index (χ1v) is 7.56. The summed E-state index contributed by atoms with van der Waals surface area (Å²) >= 11 is 0. The van der Waals surface area contributed by atoms with Crippen LogP contribution in [0.25, 0.3) is 0 Å². The Morgan fingerprint density at radius 1 is 1.30 bits per heavy atom. The second-order valence-electron chi connectivity index (χ2n) is 6.12. The Labute approximate surface area is 132 Å². The van der Waals surface area contributed by atoms with Crippen molar-refractivity contribution in [1.82, 2.24) is 5.32 Å². The number of carbonyl (C=O) groups is 3. The minimum Gasteiger partial charge on any atom is -0.480 e. The number of halogens is 1. The molecule has 1 atom stereocenters. The van der Waals surface area contributed by atoms with Gasteiger partial charge >= 0.3 is 5.97 Å². The SMILES string of the molecule is O=C1C[C@@H](C(=O)NC2(C(=O)O)CCCC2)c2ccc(F)cc2N1. The Morgan fingerprint density at radius 3 is 2.65 bits per heavy atom. The van der Waals surface area contributed by atoms with Crippen LogP contribution in [0, 0.1) is 5.82 Å². The van der Waals surface area contributed by atoms with Gasteiger partial charge < -0.3 is 15.7 Å². The number of carboxylic acids is 1. The van der Waals surface area contributed by atoms with Crippen LogP contribution in [0.4, 0.5) is 10.1 Å². The number of amides is 2. The van der Waals surface area contributed by atoms with Crippen LogP contribution in [0.3, 0.4) is 0 Å².